The summed E-state index contributed by atoms with van der Waals surface area (Å²) < 4.78 is 5.60. The highest BCUT2D eigenvalue weighted by Crippen LogP contribution is 2.37. The Morgan fingerprint density at radius 2 is 1.71 bits per heavy atom. The molecule has 0 saturated carbocycles. The normalized spacial score (nSPS) is 11.0. The summed E-state index contributed by atoms with van der Waals surface area (Å²) in [5.41, 5.74) is 5.00. The number of hydrogen-bond donors (Lipinski definition) is 0. The van der Waals surface area contributed by atoms with Crippen molar-refractivity contribution in [3.63, 3.8) is 0 Å². The number of methoxy groups -OCH3 is 1. The maximum Gasteiger partial charge on any atom is 0.136 e. The fourth-order valence-electron chi connectivity index (χ4n) is 2.27. The van der Waals surface area contributed by atoms with Gasteiger partial charge in [0.1, 0.15) is 16.7 Å². The van der Waals surface area contributed by atoms with Crippen molar-refractivity contribution >= 4 is 11.6 Å². The summed E-state index contributed by atoms with van der Waals surface area (Å²) in [6.07, 6.45) is 0. The number of halogens is 1. The van der Waals surface area contributed by atoms with Gasteiger partial charge in [-0.05, 0) is 38.0 Å². The molecule has 0 amide bonds. The van der Waals surface area contributed by atoms with Crippen LogP contribution in [0.2, 0.25) is 5.15 Å². The topological polar surface area (TPSA) is 35.0 Å². The molecule has 0 N–H and O–H groups in total. The van der Waals surface area contributed by atoms with E-state index in [1.807, 2.05) is 13.0 Å². The van der Waals surface area contributed by atoms with Crippen LogP contribution in [-0.2, 0) is 0 Å². The van der Waals surface area contributed by atoms with Crippen molar-refractivity contribution in [3.05, 3.63) is 39.8 Å². The molecule has 0 spiro atoms. The third-order valence-electron chi connectivity index (χ3n) is 3.76. The summed E-state index contributed by atoms with van der Waals surface area (Å²) in [6.45, 7) is 10.2. The van der Waals surface area contributed by atoms with E-state index in [9.17, 15) is 0 Å². The molecule has 0 unspecified atom stereocenters. The van der Waals surface area contributed by atoms with Gasteiger partial charge in [0.05, 0.1) is 12.8 Å². The van der Waals surface area contributed by atoms with Crippen LogP contribution in [0.4, 0.5) is 0 Å². The molecule has 0 atom stereocenters. The summed E-state index contributed by atoms with van der Waals surface area (Å²) in [7, 11) is 1.69. The van der Waals surface area contributed by atoms with Crippen LogP contribution in [-0.4, -0.2) is 17.1 Å². The van der Waals surface area contributed by atoms with Gasteiger partial charge in [0.25, 0.3) is 0 Å². The lowest BCUT2D eigenvalue weighted by atomic mass is 10.00. The fourth-order valence-corrected chi connectivity index (χ4v) is 2.44. The average Bonchev–Trinajstić information content (AvgIpc) is 2.44. The molecule has 4 heteroatoms. The zero-order valence-electron chi connectivity index (χ0n) is 13.4. The standard InChI is InChI=1S/C17H21ClN2O/c1-9(2)17-19-14(12(5)16(18)20-17)13-8-7-10(3)11(4)15(13)21-6/h7-9H,1-6H3. The quantitative estimate of drug-likeness (QED) is 0.760. The first-order chi connectivity index (χ1) is 9.86. The zero-order valence-corrected chi connectivity index (χ0v) is 14.2. The van der Waals surface area contributed by atoms with Crippen LogP contribution in [0.3, 0.4) is 0 Å². The predicted octanol–water partition coefficient (Wildman–Crippen LogP) is 4.85. The first-order valence-corrected chi connectivity index (χ1v) is 7.43. The monoisotopic (exact) mass is 304 g/mol. The molecular weight excluding hydrogens is 284 g/mol. The van der Waals surface area contributed by atoms with Gasteiger partial charge in [-0.15, -0.1) is 0 Å². The van der Waals surface area contributed by atoms with E-state index in [1.165, 1.54) is 5.56 Å². The van der Waals surface area contributed by atoms with Crippen molar-refractivity contribution < 1.29 is 4.74 Å². The van der Waals surface area contributed by atoms with E-state index in [4.69, 9.17) is 21.3 Å². The molecule has 0 bridgehead atoms. The molecule has 1 aromatic heterocycles. The number of nitrogens with zero attached hydrogens (tertiary/aromatic N) is 2. The first kappa shape index (κ1) is 15.8. The van der Waals surface area contributed by atoms with Gasteiger partial charge in [0.2, 0.25) is 0 Å². The van der Waals surface area contributed by atoms with Crippen molar-refractivity contribution in [2.75, 3.05) is 7.11 Å². The van der Waals surface area contributed by atoms with Gasteiger partial charge in [-0.2, -0.15) is 0 Å². The molecule has 0 aliphatic heterocycles. The molecule has 2 rings (SSSR count). The van der Waals surface area contributed by atoms with Gasteiger partial charge in [-0.1, -0.05) is 31.5 Å². The lowest BCUT2D eigenvalue weighted by molar-refractivity contribution is 0.412. The molecule has 1 aromatic carbocycles. The van der Waals surface area contributed by atoms with E-state index in [-0.39, 0.29) is 5.92 Å². The Morgan fingerprint density at radius 1 is 1.05 bits per heavy atom. The number of aromatic nitrogens is 2. The van der Waals surface area contributed by atoms with Crippen LogP contribution in [0.25, 0.3) is 11.3 Å². The van der Waals surface area contributed by atoms with Crippen LogP contribution in [0.15, 0.2) is 12.1 Å². The Morgan fingerprint density at radius 3 is 2.29 bits per heavy atom. The van der Waals surface area contributed by atoms with E-state index in [2.05, 4.69) is 38.7 Å². The summed E-state index contributed by atoms with van der Waals surface area (Å²) in [4.78, 5) is 9.07. The Kier molecular flexibility index (Phi) is 4.52. The number of rotatable bonds is 3. The largest absolute Gasteiger partial charge is 0.496 e. The summed E-state index contributed by atoms with van der Waals surface area (Å²) >= 11 is 6.29. The summed E-state index contributed by atoms with van der Waals surface area (Å²) in [5, 5.41) is 0.504. The van der Waals surface area contributed by atoms with Crippen LogP contribution in [0.5, 0.6) is 5.75 Å². The van der Waals surface area contributed by atoms with Crippen molar-refractivity contribution in [3.8, 4) is 17.0 Å². The highest BCUT2D eigenvalue weighted by atomic mass is 35.5. The van der Waals surface area contributed by atoms with E-state index < -0.39 is 0 Å². The summed E-state index contributed by atoms with van der Waals surface area (Å²) in [6, 6.07) is 4.12. The number of benzene rings is 1. The second kappa shape index (κ2) is 6.02. The van der Waals surface area contributed by atoms with Gasteiger partial charge in [0.15, 0.2) is 0 Å². The van der Waals surface area contributed by atoms with Gasteiger partial charge >= 0.3 is 0 Å². The van der Waals surface area contributed by atoms with Crippen LogP contribution in [0.1, 0.15) is 42.3 Å². The van der Waals surface area contributed by atoms with Gasteiger partial charge in [0, 0.05) is 17.0 Å². The predicted molar refractivity (Wildman–Crippen MR) is 87.3 cm³/mol. The van der Waals surface area contributed by atoms with Crippen LogP contribution >= 0.6 is 11.6 Å². The van der Waals surface area contributed by atoms with Gasteiger partial charge < -0.3 is 4.74 Å². The Balaban J connectivity index is 2.75. The minimum absolute atomic E-state index is 0.222. The van der Waals surface area contributed by atoms with Gasteiger partial charge in [-0.25, -0.2) is 9.97 Å². The van der Waals surface area contributed by atoms with Gasteiger partial charge in [-0.3, -0.25) is 0 Å². The lowest BCUT2D eigenvalue weighted by Crippen LogP contribution is -2.04. The van der Waals surface area contributed by atoms with Crippen LogP contribution < -0.4 is 4.74 Å². The molecule has 21 heavy (non-hydrogen) atoms. The highest BCUT2D eigenvalue weighted by molar-refractivity contribution is 6.30. The molecule has 1 heterocycles. The second-order valence-electron chi connectivity index (χ2n) is 5.59. The molecule has 2 aromatic rings. The SMILES string of the molecule is COc1c(-c2nc(C(C)C)nc(Cl)c2C)ccc(C)c1C. The fraction of sp³-hybridized carbons (Fsp3) is 0.412. The zero-order chi connectivity index (χ0) is 15.7. The molecule has 0 fully saturated rings. The molecular formula is C17H21ClN2O. The van der Waals surface area contributed by atoms with E-state index in [1.54, 1.807) is 7.11 Å². The maximum atomic E-state index is 6.29. The lowest BCUT2D eigenvalue weighted by Gasteiger charge is -2.16. The smallest absolute Gasteiger partial charge is 0.136 e. The van der Waals surface area contributed by atoms with E-state index in [0.29, 0.717) is 5.15 Å². The minimum Gasteiger partial charge on any atom is -0.496 e. The minimum atomic E-state index is 0.222. The Labute approximate surface area is 131 Å². The molecule has 0 aliphatic carbocycles. The molecule has 0 saturated heterocycles. The summed E-state index contributed by atoms with van der Waals surface area (Å²) in [5.74, 6) is 1.82. The molecule has 0 radical (unpaired) electrons. The maximum absolute atomic E-state index is 6.29. The van der Waals surface area contributed by atoms with E-state index in [0.717, 1.165) is 34.0 Å². The van der Waals surface area contributed by atoms with E-state index >= 15 is 0 Å². The first-order valence-electron chi connectivity index (χ1n) is 7.05. The number of aryl methyl sites for hydroxylation is 1. The third kappa shape index (κ3) is 2.88. The number of ether oxygens (including phenoxy) is 1. The molecule has 0 aliphatic rings. The number of hydrogen-bond acceptors (Lipinski definition) is 3. The molecule has 112 valence electrons. The van der Waals surface area contributed by atoms with Crippen molar-refractivity contribution in [2.45, 2.75) is 40.5 Å². The van der Waals surface area contributed by atoms with Crippen molar-refractivity contribution in [1.82, 2.24) is 9.97 Å². The second-order valence-corrected chi connectivity index (χ2v) is 5.95. The van der Waals surface area contributed by atoms with Crippen LogP contribution in [0, 0.1) is 20.8 Å². The average molecular weight is 305 g/mol. The Bertz CT molecular complexity index is 681. The Hall–Kier alpha value is -1.61. The third-order valence-corrected chi connectivity index (χ3v) is 4.12. The van der Waals surface area contributed by atoms with Crippen molar-refractivity contribution in [2.24, 2.45) is 0 Å². The van der Waals surface area contributed by atoms with Crippen molar-refractivity contribution in [1.29, 1.82) is 0 Å². The highest BCUT2D eigenvalue weighted by Gasteiger charge is 2.18. The molecule has 3 nitrogen and oxygen atoms in total.